The molecule has 1 aromatic rings. The molecule has 1 aliphatic heterocycles. The largest absolute Gasteiger partial charge is 0.339 e. The average Bonchev–Trinajstić information content (AvgIpc) is 3.47. The Morgan fingerprint density at radius 2 is 1.81 bits per heavy atom. The Morgan fingerprint density at radius 1 is 1.00 bits per heavy atom. The number of ketones is 1. The summed E-state index contributed by atoms with van der Waals surface area (Å²) < 4.78 is 27.7. The highest BCUT2D eigenvalue weighted by Gasteiger charge is 2.49. The first kappa shape index (κ1) is 18.6. The molecule has 0 N–H and O–H groups in total. The SMILES string of the molecule is O=C1CCCC[C@@H]1[C@@H]1CCCCCN1C(=O)[C@H]1C[C@H]1c1cccc(F)c1F. The molecule has 0 spiro atoms. The molecule has 5 heteroatoms. The number of rotatable bonds is 3. The van der Waals surface area contributed by atoms with E-state index in [0.717, 1.165) is 51.0 Å². The Hall–Kier alpha value is -1.78. The molecule has 2 aliphatic carbocycles. The molecule has 1 saturated heterocycles. The summed E-state index contributed by atoms with van der Waals surface area (Å²) in [5, 5.41) is 0. The Bertz CT molecular complexity index is 735. The van der Waals surface area contributed by atoms with Gasteiger partial charge in [0, 0.05) is 30.8 Å². The minimum Gasteiger partial charge on any atom is -0.339 e. The summed E-state index contributed by atoms with van der Waals surface area (Å²) in [5.74, 6) is -1.90. The summed E-state index contributed by atoms with van der Waals surface area (Å²) in [5.41, 5.74) is 0.313. The van der Waals surface area contributed by atoms with Gasteiger partial charge in [0.05, 0.1) is 0 Å². The Kier molecular flexibility index (Phi) is 5.29. The highest BCUT2D eigenvalue weighted by molar-refractivity contribution is 5.86. The molecule has 0 bridgehead atoms. The molecule has 4 rings (SSSR count). The van der Waals surface area contributed by atoms with Crippen LogP contribution in [-0.2, 0) is 9.59 Å². The molecule has 0 radical (unpaired) electrons. The van der Waals surface area contributed by atoms with E-state index >= 15 is 0 Å². The van der Waals surface area contributed by atoms with E-state index in [2.05, 4.69) is 0 Å². The molecule has 3 nitrogen and oxygen atoms in total. The number of carbonyl (C=O) groups is 2. The third-order valence-electron chi connectivity index (χ3n) is 6.64. The lowest BCUT2D eigenvalue weighted by molar-refractivity contribution is -0.139. The number of carbonyl (C=O) groups excluding carboxylic acids is 2. The molecular formula is C22H27F2NO2. The van der Waals surface area contributed by atoms with Crippen molar-refractivity contribution in [2.45, 2.75) is 69.7 Å². The molecule has 1 amide bonds. The second-order valence-corrected chi connectivity index (χ2v) is 8.36. The van der Waals surface area contributed by atoms with Crippen molar-refractivity contribution in [3.05, 3.63) is 35.4 Å². The van der Waals surface area contributed by atoms with Gasteiger partial charge in [0.1, 0.15) is 5.78 Å². The number of amides is 1. The van der Waals surface area contributed by atoms with Crippen LogP contribution < -0.4 is 0 Å². The van der Waals surface area contributed by atoms with Gasteiger partial charge >= 0.3 is 0 Å². The van der Waals surface area contributed by atoms with Crippen molar-refractivity contribution in [1.82, 2.24) is 4.90 Å². The van der Waals surface area contributed by atoms with Crippen LogP contribution in [0.2, 0.25) is 0 Å². The van der Waals surface area contributed by atoms with Crippen LogP contribution in [0, 0.1) is 23.5 Å². The van der Waals surface area contributed by atoms with E-state index in [1.165, 1.54) is 6.07 Å². The van der Waals surface area contributed by atoms with E-state index in [4.69, 9.17) is 0 Å². The first-order valence-corrected chi connectivity index (χ1v) is 10.3. The van der Waals surface area contributed by atoms with Crippen LogP contribution in [0.25, 0.3) is 0 Å². The first-order valence-electron chi connectivity index (χ1n) is 10.3. The zero-order chi connectivity index (χ0) is 19.0. The maximum atomic E-state index is 14.1. The third-order valence-corrected chi connectivity index (χ3v) is 6.64. The molecule has 146 valence electrons. The summed E-state index contributed by atoms with van der Waals surface area (Å²) in [6.07, 6.45) is 8.04. The van der Waals surface area contributed by atoms with Gasteiger partial charge in [0.2, 0.25) is 5.91 Å². The van der Waals surface area contributed by atoms with E-state index in [9.17, 15) is 18.4 Å². The lowest BCUT2D eigenvalue weighted by Gasteiger charge is -2.37. The number of likely N-dealkylation sites (tertiary alicyclic amines) is 1. The molecule has 0 aromatic heterocycles. The topological polar surface area (TPSA) is 37.4 Å². The van der Waals surface area contributed by atoms with Gasteiger partial charge in [0.15, 0.2) is 11.6 Å². The molecule has 3 fully saturated rings. The molecule has 27 heavy (non-hydrogen) atoms. The Labute approximate surface area is 159 Å². The summed E-state index contributed by atoms with van der Waals surface area (Å²) >= 11 is 0. The predicted octanol–water partition coefficient (Wildman–Crippen LogP) is 4.60. The van der Waals surface area contributed by atoms with Crippen LogP contribution in [0.15, 0.2) is 18.2 Å². The Balaban J connectivity index is 1.52. The fourth-order valence-corrected chi connectivity index (χ4v) is 5.07. The number of benzene rings is 1. The minimum absolute atomic E-state index is 0.00796. The van der Waals surface area contributed by atoms with Crippen molar-refractivity contribution >= 4 is 11.7 Å². The van der Waals surface area contributed by atoms with E-state index in [1.807, 2.05) is 4.90 Å². The van der Waals surface area contributed by atoms with Crippen LogP contribution in [0.1, 0.15) is 69.3 Å². The number of halogens is 2. The molecule has 4 atom stereocenters. The van der Waals surface area contributed by atoms with Crippen molar-refractivity contribution in [3.8, 4) is 0 Å². The molecule has 3 aliphatic rings. The highest BCUT2D eigenvalue weighted by Crippen LogP contribution is 2.50. The third kappa shape index (κ3) is 3.65. The highest BCUT2D eigenvalue weighted by atomic mass is 19.2. The maximum Gasteiger partial charge on any atom is 0.226 e. The zero-order valence-electron chi connectivity index (χ0n) is 15.6. The number of Topliss-reactive ketones (excluding diaryl/α,β-unsaturated/α-hetero) is 1. The van der Waals surface area contributed by atoms with E-state index < -0.39 is 11.6 Å². The fraction of sp³-hybridized carbons (Fsp3) is 0.636. The van der Waals surface area contributed by atoms with Gasteiger partial charge in [-0.15, -0.1) is 0 Å². The quantitative estimate of drug-likeness (QED) is 0.774. The van der Waals surface area contributed by atoms with Crippen molar-refractivity contribution in [2.75, 3.05) is 6.54 Å². The monoisotopic (exact) mass is 375 g/mol. The summed E-state index contributed by atoms with van der Waals surface area (Å²) in [6.45, 7) is 0.683. The number of hydrogen-bond donors (Lipinski definition) is 0. The maximum absolute atomic E-state index is 14.1. The fourth-order valence-electron chi connectivity index (χ4n) is 5.07. The molecule has 2 saturated carbocycles. The minimum atomic E-state index is -0.856. The molecular weight excluding hydrogens is 348 g/mol. The van der Waals surface area contributed by atoms with Gasteiger partial charge < -0.3 is 4.90 Å². The van der Waals surface area contributed by atoms with Crippen LogP contribution in [0.4, 0.5) is 8.78 Å². The molecule has 0 unspecified atom stereocenters. The number of hydrogen-bond acceptors (Lipinski definition) is 2. The van der Waals surface area contributed by atoms with Crippen molar-refractivity contribution in [3.63, 3.8) is 0 Å². The van der Waals surface area contributed by atoms with Crippen molar-refractivity contribution in [2.24, 2.45) is 11.8 Å². The van der Waals surface area contributed by atoms with Crippen LogP contribution >= 0.6 is 0 Å². The van der Waals surface area contributed by atoms with E-state index in [1.54, 1.807) is 6.07 Å². The second-order valence-electron chi connectivity index (χ2n) is 8.36. The first-order chi connectivity index (χ1) is 13.1. The summed E-state index contributed by atoms with van der Waals surface area (Å²) in [4.78, 5) is 27.7. The van der Waals surface area contributed by atoms with Crippen LogP contribution in [0.3, 0.4) is 0 Å². The van der Waals surface area contributed by atoms with Crippen LogP contribution in [0.5, 0.6) is 0 Å². The standard InChI is InChI=1S/C22H27F2NO2/c23-18-9-6-8-14(21(18)24)16-13-17(16)22(27)25-12-5-1-2-10-19(25)15-7-3-4-11-20(15)26/h6,8-9,15-17,19H,1-5,7,10-13H2/t15-,16+,17+,19+/m1/s1. The second kappa shape index (κ2) is 7.69. The molecule has 1 aromatic carbocycles. The van der Waals surface area contributed by atoms with Gasteiger partial charge in [-0.1, -0.05) is 31.4 Å². The summed E-state index contributed by atoms with van der Waals surface area (Å²) in [6, 6.07) is 4.19. The van der Waals surface area contributed by atoms with Gasteiger partial charge in [-0.25, -0.2) is 8.78 Å². The van der Waals surface area contributed by atoms with Gasteiger partial charge in [-0.3, -0.25) is 9.59 Å². The van der Waals surface area contributed by atoms with E-state index in [-0.39, 0.29) is 29.7 Å². The van der Waals surface area contributed by atoms with Crippen molar-refractivity contribution < 1.29 is 18.4 Å². The van der Waals surface area contributed by atoms with Gasteiger partial charge in [-0.2, -0.15) is 0 Å². The zero-order valence-corrected chi connectivity index (χ0v) is 15.6. The van der Waals surface area contributed by atoms with E-state index in [0.29, 0.717) is 30.7 Å². The summed E-state index contributed by atoms with van der Waals surface area (Å²) in [7, 11) is 0. The normalized spacial score (nSPS) is 31.5. The van der Waals surface area contributed by atoms with Gasteiger partial charge in [-0.05, 0) is 49.7 Å². The van der Waals surface area contributed by atoms with Gasteiger partial charge in [0.25, 0.3) is 0 Å². The smallest absolute Gasteiger partial charge is 0.226 e. The lowest BCUT2D eigenvalue weighted by Crippen LogP contribution is -2.48. The number of nitrogens with zero attached hydrogens (tertiary/aromatic N) is 1. The molecule has 1 heterocycles. The average molecular weight is 375 g/mol. The Morgan fingerprint density at radius 3 is 2.63 bits per heavy atom. The predicted molar refractivity (Wildman–Crippen MR) is 98.1 cm³/mol. The van der Waals surface area contributed by atoms with Crippen LogP contribution in [-0.4, -0.2) is 29.2 Å². The van der Waals surface area contributed by atoms with Crippen molar-refractivity contribution in [1.29, 1.82) is 0 Å². The lowest BCUT2D eigenvalue weighted by atomic mass is 9.80.